The van der Waals surface area contributed by atoms with E-state index in [0.717, 1.165) is 17.8 Å². The van der Waals surface area contributed by atoms with E-state index in [4.69, 9.17) is 12.2 Å². The molecule has 2 aromatic rings. The predicted octanol–water partition coefficient (Wildman–Crippen LogP) is 2.81. The molecule has 2 aromatic carbocycles. The highest BCUT2D eigenvalue weighted by atomic mass is 32.2. The van der Waals surface area contributed by atoms with Crippen LogP contribution >= 0.6 is 12.2 Å². The molecule has 7 heteroatoms. The van der Waals surface area contributed by atoms with Gasteiger partial charge in [0.2, 0.25) is 10.0 Å². The van der Waals surface area contributed by atoms with E-state index in [1.54, 1.807) is 31.3 Å². The number of benzene rings is 2. The van der Waals surface area contributed by atoms with E-state index in [1.165, 1.54) is 4.31 Å². The molecule has 2 N–H and O–H groups in total. The van der Waals surface area contributed by atoms with E-state index in [9.17, 15) is 8.42 Å². The van der Waals surface area contributed by atoms with Crippen LogP contribution in [0.15, 0.2) is 59.5 Å². The minimum Gasteiger partial charge on any atom is -0.363 e. The molecule has 0 radical (unpaired) electrons. The topological polar surface area (TPSA) is 61.4 Å². The summed E-state index contributed by atoms with van der Waals surface area (Å²) in [5.41, 5.74) is 1.68. The van der Waals surface area contributed by atoms with E-state index < -0.39 is 10.0 Å². The van der Waals surface area contributed by atoms with E-state index in [1.807, 2.05) is 37.3 Å². The van der Waals surface area contributed by atoms with Gasteiger partial charge in [0, 0.05) is 25.8 Å². The summed E-state index contributed by atoms with van der Waals surface area (Å²) < 4.78 is 26.6. The van der Waals surface area contributed by atoms with Gasteiger partial charge in [0.15, 0.2) is 5.11 Å². The molecule has 5 nitrogen and oxygen atoms in total. The highest BCUT2D eigenvalue weighted by Crippen LogP contribution is 2.19. The smallest absolute Gasteiger partial charge is 0.243 e. The van der Waals surface area contributed by atoms with Gasteiger partial charge in [0.05, 0.1) is 4.90 Å². The molecule has 0 unspecified atom stereocenters. The van der Waals surface area contributed by atoms with E-state index >= 15 is 0 Å². The largest absolute Gasteiger partial charge is 0.363 e. The van der Waals surface area contributed by atoms with Crippen molar-refractivity contribution in [2.24, 2.45) is 0 Å². The number of sulfonamides is 1. The summed E-state index contributed by atoms with van der Waals surface area (Å²) in [6.45, 7) is 3.00. The molecule has 0 saturated carbocycles. The fraction of sp³-hybridized carbons (Fsp3) is 0.235. The van der Waals surface area contributed by atoms with Crippen molar-refractivity contribution in [3.8, 4) is 0 Å². The lowest BCUT2D eigenvalue weighted by Crippen LogP contribution is -2.28. The van der Waals surface area contributed by atoms with Gasteiger partial charge in [-0.25, -0.2) is 8.42 Å². The van der Waals surface area contributed by atoms with Crippen LogP contribution in [0.4, 0.5) is 5.69 Å². The molecule has 0 fully saturated rings. The number of thiocarbonyl (C=S) groups is 1. The van der Waals surface area contributed by atoms with Crippen molar-refractivity contribution < 1.29 is 8.42 Å². The monoisotopic (exact) mass is 363 g/mol. The van der Waals surface area contributed by atoms with Gasteiger partial charge in [0.25, 0.3) is 0 Å². The Bertz CT molecular complexity index is 775. The second kappa shape index (κ2) is 8.23. The van der Waals surface area contributed by atoms with E-state index in [-0.39, 0.29) is 4.90 Å². The first kappa shape index (κ1) is 18.4. The maximum Gasteiger partial charge on any atom is 0.243 e. The van der Waals surface area contributed by atoms with Crippen molar-refractivity contribution in [2.75, 3.05) is 18.9 Å². The van der Waals surface area contributed by atoms with Gasteiger partial charge in [-0.1, -0.05) is 30.3 Å². The van der Waals surface area contributed by atoms with Crippen LogP contribution in [-0.2, 0) is 16.6 Å². The molecule has 0 aromatic heterocycles. The van der Waals surface area contributed by atoms with Gasteiger partial charge in [-0.3, -0.25) is 0 Å². The second-order valence-electron chi connectivity index (χ2n) is 5.26. The average Bonchev–Trinajstić information content (AvgIpc) is 2.56. The Morgan fingerprint density at radius 3 is 2.29 bits per heavy atom. The normalized spacial score (nSPS) is 11.3. The molecule has 0 amide bonds. The fourth-order valence-electron chi connectivity index (χ4n) is 2.15. The molecule has 0 aliphatic rings. The van der Waals surface area contributed by atoms with Gasteiger partial charge in [-0.2, -0.15) is 4.31 Å². The standard InChI is InChI=1S/C17H21N3O2S2/c1-3-18-17(23)19-15-9-11-16(12-10-15)24(21,22)20(2)13-14-7-5-4-6-8-14/h4-12H,3,13H2,1-2H3,(H2,18,19,23). The predicted molar refractivity (Wildman–Crippen MR) is 101 cm³/mol. The Labute approximate surface area is 148 Å². The number of hydrogen-bond acceptors (Lipinski definition) is 3. The van der Waals surface area contributed by atoms with E-state index in [2.05, 4.69) is 10.6 Å². The first-order valence-electron chi connectivity index (χ1n) is 7.58. The van der Waals surface area contributed by atoms with Gasteiger partial charge in [0.1, 0.15) is 0 Å². The third-order valence-corrected chi connectivity index (χ3v) is 5.47. The third kappa shape index (κ3) is 4.77. The third-order valence-electron chi connectivity index (χ3n) is 3.41. The zero-order chi connectivity index (χ0) is 17.6. The summed E-state index contributed by atoms with van der Waals surface area (Å²) >= 11 is 5.11. The van der Waals surface area contributed by atoms with E-state index in [0.29, 0.717) is 11.7 Å². The molecule has 0 spiro atoms. The Morgan fingerprint density at radius 2 is 1.71 bits per heavy atom. The van der Waals surface area contributed by atoms with Crippen molar-refractivity contribution in [1.82, 2.24) is 9.62 Å². The van der Waals surface area contributed by atoms with Gasteiger partial charge < -0.3 is 10.6 Å². The summed E-state index contributed by atoms with van der Waals surface area (Å²) in [7, 11) is -1.96. The van der Waals surface area contributed by atoms with Crippen molar-refractivity contribution in [1.29, 1.82) is 0 Å². The maximum absolute atomic E-state index is 12.6. The van der Waals surface area contributed by atoms with Crippen molar-refractivity contribution >= 4 is 33.0 Å². The van der Waals surface area contributed by atoms with Crippen molar-refractivity contribution in [3.63, 3.8) is 0 Å². The van der Waals surface area contributed by atoms with Gasteiger partial charge in [-0.05, 0) is 49.0 Å². The van der Waals surface area contributed by atoms with Gasteiger partial charge in [-0.15, -0.1) is 0 Å². The van der Waals surface area contributed by atoms with Crippen LogP contribution in [0.1, 0.15) is 12.5 Å². The lowest BCUT2D eigenvalue weighted by molar-refractivity contribution is 0.467. The number of rotatable bonds is 6. The highest BCUT2D eigenvalue weighted by Gasteiger charge is 2.20. The highest BCUT2D eigenvalue weighted by molar-refractivity contribution is 7.89. The van der Waals surface area contributed by atoms with Crippen LogP contribution in [0.25, 0.3) is 0 Å². The number of anilines is 1. The quantitative estimate of drug-likeness (QED) is 0.773. The number of nitrogens with zero attached hydrogens (tertiary/aromatic N) is 1. The van der Waals surface area contributed by atoms with Crippen LogP contribution in [0.5, 0.6) is 0 Å². The van der Waals surface area contributed by atoms with Gasteiger partial charge >= 0.3 is 0 Å². The summed E-state index contributed by atoms with van der Waals surface area (Å²) in [6.07, 6.45) is 0. The van der Waals surface area contributed by atoms with Crippen molar-refractivity contribution in [3.05, 3.63) is 60.2 Å². The van der Waals surface area contributed by atoms with Crippen LogP contribution in [-0.4, -0.2) is 31.4 Å². The molecule has 0 saturated heterocycles. The Balaban J connectivity index is 2.10. The Morgan fingerprint density at radius 1 is 1.08 bits per heavy atom. The molecular formula is C17H21N3O2S2. The van der Waals surface area contributed by atoms with Crippen molar-refractivity contribution in [2.45, 2.75) is 18.4 Å². The first-order chi connectivity index (χ1) is 11.4. The number of hydrogen-bond donors (Lipinski definition) is 2. The Kier molecular flexibility index (Phi) is 6.30. The SMILES string of the molecule is CCNC(=S)Nc1ccc(S(=O)(=O)N(C)Cc2ccccc2)cc1. The minimum absolute atomic E-state index is 0.251. The molecule has 128 valence electrons. The van der Waals surface area contributed by atoms with Crippen LogP contribution in [0.2, 0.25) is 0 Å². The lowest BCUT2D eigenvalue weighted by Gasteiger charge is -2.17. The molecule has 0 bridgehead atoms. The summed E-state index contributed by atoms with van der Waals surface area (Å²) in [4.78, 5) is 0.251. The van der Waals surface area contributed by atoms with Crippen LogP contribution in [0.3, 0.4) is 0 Å². The maximum atomic E-state index is 12.6. The minimum atomic E-state index is -3.54. The number of nitrogens with one attached hydrogen (secondary N) is 2. The Hall–Kier alpha value is -1.96. The molecule has 0 atom stereocenters. The zero-order valence-corrected chi connectivity index (χ0v) is 15.3. The van der Waals surface area contributed by atoms with Crippen LogP contribution < -0.4 is 10.6 Å². The molecular weight excluding hydrogens is 342 g/mol. The average molecular weight is 364 g/mol. The summed E-state index contributed by atoms with van der Waals surface area (Å²) in [6, 6.07) is 16.1. The summed E-state index contributed by atoms with van der Waals surface area (Å²) in [5, 5.41) is 6.49. The lowest BCUT2D eigenvalue weighted by atomic mass is 10.2. The zero-order valence-electron chi connectivity index (χ0n) is 13.7. The van der Waals surface area contributed by atoms with Crippen LogP contribution in [0, 0.1) is 0 Å². The fourth-order valence-corrected chi connectivity index (χ4v) is 3.57. The molecule has 0 heterocycles. The molecule has 2 rings (SSSR count). The molecule has 0 aliphatic carbocycles. The summed E-state index contributed by atoms with van der Waals surface area (Å²) in [5.74, 6) is 0. The molecule has 0 aliphatic heterocycles. The molecule has 24 heavy (non-hydrogen) atoms. The second-order valence-corrected chi connectivity index (χ2v) is 7.71. The first-order valence-corrected chi connectivity index (χ1v) is 9.43.